The molecule has 1 fully saturated rings. The highest BCUT2D eigenvalue weighted by molar-refractivity contribution is 9.10. The van der Waals surface area contributed by atoms with Crippen LogP contribution in [0.25, 0.3) is 0 Å². The number of aromatic nitrogens is 2. The van der Waals surface area contributed by atoms with E-state index in [-0.39, 0.29) is 0 Å². The maximum atomic E-state index is 4.45. The fourth-order valence-electron chi connectivity index (χ4n) is 2.69. The molecule has 0 spiro atoms. The van der Waals surface area contributed by atoms with Crippen molar-refractivity contribution in [1.82, 2.24) is 14.9 Å². The van der Waals surface area contributed by atoms with Crippen molar-refractivity contribution in [2.24, 2.45) is 0 Å². The standard InChI is InChI=1S/C14H24BrN5/c1-4-16-13-12(15)14(18-10-17-13)19(3)11-6-8-20(5-2)9-7-11/h10-11H,4-9H2,1-3H3,(H,16,17,18). The molecule has 0 atom stereocenters. The van der Waals surface area contributed by atoms with Crippen molar-refractivity contribution in [3.63, 3.8) is 0 Å². The van der Waals surface area contributed by atoms with Gasteiger partial charge in [-0.3, -0.25) is 0 Å². The molecule has 1 aromatic heterocycles. The monoisotopic (exact) mass is 341 g/mol. The highest BCUT2D eigenvalue weighted by atomic mass is 79.9. The van der Waals surface area contributed by atoms with E-state index in [1.165, 1.54) is 25.9 Å². The third kappa shape index (κ3) is 3.41. The van der Waals surface area contributed by atoms with Gasteiger partial charge >= 0.3 is 0 Å². The molecule has 0 saturated carbocycles. The number of rotatable bonds is 5. The van der Waals surface area contributed by atoms with Gasteiger partial charge in [-0.05, 0) is 42.2 Å². The van der Waals surface area contributed by atoms with E-state index in [0.717, 1.165) is 29.2 Å². The number of halogens is 1. The molecule has 0 bridgehead atoms. The molecule has 112 valence electrons. The smallest absolute Gasteiger partial charge is 0.148 e. The second-order valence-corrected chi connectivity index (χ2v) is 5.96. The maximum absolute atomic E-state index is 4.45. The average Bonchev–Trinajstić information content (AvgIpc) is 2.49. The van der Waals surface area contributed by atoms with E-state index in [2.05, 4.69) is 61.9 Å². The Bertz CT molecular complexity index is 432. The summed E-state index contributed by atoms with van der Waals surface area (Å²) in [5.74, 6) is 1.85. The second-order valence-electron chi connectivity index (χ2n) is 5.17. The van der Waals surface area contributed by atoms with E-state index in [0.29, 0.717) is 6.04 Å². The Kier molecular flexibility index (Phi) is 5.60. The van der Waals surface area contributed by atoms with Crippen LogP contribution in [0.2, 0.25) is 0 Å². The third-order valence-corrected chi connectivity index (χ3v) is 4.73. The first-order valence-electron chi connectivity index (χ1n) is 7.36. The average molecular weight is 342 g/mol. The molecular weight excluding hydrogens is 318 g/mol. The van der Waals surface area contributed by atoms with Gasteiger partial charge in [0.15, 0.2) is 0 Å². The largest absolute Gasteiger partial charge is 0.369 e. The van der Waals surface area contributed by atoms with Crippen LogP contribution < -0.4 is 10.2 Å². The minimum absolute atomic E-state index is 0.554. The molecule has 1 saturated heterocycles. The van der Waals surface area contributed by atoms with Crippen LogP contribution >= 0.6 is 15.9 Å². The van der Waals surface area contributed by atoms with Crippen LogP contribution in [0.5, 0.6) is 0 Å². The number of piperidine rings is 1. The summed E-state index contributed by atoms with van der Waals surface area (Å²) in [5, 5.41) is 3.26. The topological polar surface area (TPSA) is 44.3 Å². The Hall–Kier alpha value is -0.880. The molecule has 5 nitrogen and oxygen atoms in total. The van der Waals surface area contributed by atoms with Gasteiger partial charge in [0.05, 0.1) is 0 Å². The normalized spacial score (nSPS) is 17.2. The molecule has 1 aliphatic rings. The van der Waals surface area contributed by atoms with E-state index >= 15 is 0 Å². The Morgan fingerprint density at radius 1 is 1.35 bits per heavy atom. The molecule has 1 aliphatic heterocycles. The summed E-state index contributed by atoms with van der Waals surface area (Å²) in [6.07, 6.45) is 4.02. The lowest BCUT2D eigenvalue weighted by Crippen LogP contribution is -2.43. The van der Waals surface area contributed by atoms with Gasteiger partial charge < -0.3 is 15.1 Å². The van der Waals surface area contributed by atoms with Gasteiger partial charge in [-0.15, -0.1) is 0 Å². The van der Waals surface area contributed by atoms with Crippen LogP contribution in [-0.4, -0.2) is 54.1 Å². The number of hydrogen-bond acceptors (Lipinski definition) is 5. The number of anilines is 2. The lowest BCUT2D eigenvalue weighted by atomic mass is 10.0. The zero-order valence-electron chi connectivity index (χ0n) is 12.6. The molecule has 6 heteroatoms. The maximum Gasteiger partial charge on any atom is 0.148 e. The SMILES string of the molecule is CCNc1ncnc(N(C)C2CCN(CC)CC2)c1Br. The number of nitrogens with zero attached hydrogens (tertiary/aromatic N) is 4. The Morgan fingerprint density at radius 3 is 2.65 bits per heavy atom. The molecule has 1 N–H and O–H groups in total. The fraction of sp³-hybridized carbons (Fsp3) is 0.714. The van der Waals surface area contributed by atoms with Gasteiger partial charge in [-0.25, -0.2) is 9.97 Å². The van der Waals surface area contributed by atoms with Gasteiger partial charge in [0.2, 0.25) is 0 Å². The Balaban J connectivity index is 2.09. The van der Waals surface area contributed by atoms with E-state index < -0.39 is 0 Å². The quantitative estimate of drug-likeness (QED) is 0.891. The lowest BCUT2D eigenvalue weighted by molar-refractivity contribution is 0.220. The molecule has 0 unspecified atom stereocenters. The van der Waals surface area contributed by atoms with Gasteiger partial charge in [0, 0.05) is 32.7 Å². The highest BCUT2D eigenvalue weighted by Gasteiger charge is 2.24. The highest BCUT2D eigenvalue weighted by Crippen LogP contribution is 2.31. The van der Waals surface area contributed by atoms with Crippen LogP contribution in [-0.2, 0) is 0 Å². The molecule has 1 aromatic rings. The minimum atomic E-state index is 0.554. The molecular formula is C14H24BrN5. The zero-order valence-corrected chi connectivity index (χ0v) is 14.2. The molecule has 0 amide bonds. The Morgan fingerprint density at radius 2 is 2.05 bits per heavy atom. The summed E-state index contributed by atoms with van der Waals surface area (Å²) in [7, 11) is 2.13. The van der Waals surface area contributed by atoms with Crippen LogP contribution in [0.4, 0.5) is 11.6 Å². The summed E-state index contributed by atoms with van der Waals surface area (Å²) < 4.78 is 0.960. The molecule has 0 aliphatic carbocycles. The molecule has 20 heavy (non-hydrogen) atoms. The predicted octanol–water partition coefficient (Wildman–Crippen LogP) is 2.59. The van der Waals surface area contributed by atoms with Crippen molar-refractivity contribution in [2.75, 3.05) is 43.4 Å². The first-order valence-corrected chi connectivity index (χ1v) is 8.16. The Labute approximate surface area is 129 Å². The van der Waals surface area contributed by atoms with Crippen LogP contribution in [0.3, 0.4) is 0 Å². The number of nitrogens with one attached hydrogen (secondary N) is 1. The van der Waals surface area contributed by atoms with Gasteiger partial charge in [-0.1, -0.05) is 6.92 Å². The summed E-state index contributed by atoms with van der Waals surface area (Å²) in [6, 6.07) is 0.554. The van der Waals surface area contributed by atoms with Crippen LogP contribution in [0.1, 0.15) is 26.7 Å². The van der Waals surface area contributed by atoms with Crippen molar-refractivity contribution in [1.29, 1.82) is 0 Å². The van der Waals surface area contributed by atoms with E-state index in [1.54, 1.807) is 6.33 Å². The van der Waals surface area contributed by atoms with Crippen LogP contribution in [0.15, 0.2) is 10.8 Å². The lowest BCUT2D eigenvalue weighted by Gasteiger charge is -2.37. The zero-order chi connectivity index (χ0) is 14.5. The van der Waals surface area contributed by atoms with Gasteiger partial charge in [-0.2, -0.15) is 0 Å². The fourth-order valence-corrected chi connectivity index (χ4v) is 3.32. The van der Waals surface area contributed by atoms with E-state index in [1.807, 2.05) is 0 Å². The van der Waals surface area contributed by atoms with E-state index in [4.69, 9.17) is 0 Å². The molecule has 2 heterocycles. The molecule has 2 rings (SSSR count). The summed E-state index contributed by atoms with van der Waals surface area (Å²) >= 11 is 3.64. The van der Waals surface area contributed by atoms with E-state index in [9.17, 15) is 0 Å². The minimum Gasteiger partial charge on any atom is -0.369 e. The van der Waals surface area contributed by atoms with Crippen molar-refractivity contribution < 1.29 is 0 Å². The first-order chi connectivity index (χ1) is 9.67. The number of hydrogen-bond donors (Lipinski definition) is 1. The van der Waals surface area contributed by atoms with Crippen LogP contribution in [0, 0.1) is 0 Å². The molecule has 0 aromatic carbocycles. The second kappa shape index (κ2) is 7.22. The predicted molar refractivity (Wildman–Crippen MR) is 87.4 cm³/mol. The van der Waals surface area contributed by atoms with Gasteiger partial charge in [0.1, 0.15) is 22.4 Å². The third-order valence-electron chi connectivity index (χ3n) is 4.00. The van der Waals surface area contributed by atoms with Crippen molar-refractivity contribution in [2.45, 2.75) is 32.7 Å². The molecule has 0 radical (unpaired) electrons. The van der Waals surface area contributed by atoms with Crippen molar-refractivity contribution in [3.8, 4) is 0 Å². The summed E-state index contributed by atoms with van der Waals surface area (Å²) in [6.45, 7) is 8.65. The summed E-state index contributed by atoms with van der Waals surface area (Å²) in [4.78, 5) is 13.5. The van der Waals surface area contributed by atoms with Crippen molar-refractivity contribution >= 4 is 27.6 Å². The van der Waals surface area contributed by atoms with Gasteiger partial charge in [0.25, 0.3) is 0 Å². The number of likely N-dealkylation sites (tertiary alicyclic amines) is 1. The first kappa shape index (κ1) is 15.5. The van der Waals surface area contributed by atoms with Crippen molar-refractivity contribution in [3.05, 3.63) is 10.8 Å². The summed E-state index contributed by atoms with van der Waals surface area (Å²) in [5.41, 5.74) is 0.